The first-order valence-corrected chi connectivity index (χ1v) is 10.4. The Kier molecular flexibility index (Phi) is 4.63. The Balaban J connectivity index is 1.35. The van der Waals surface area contributed by atoms with Gasteiger partial charge in [0.05, 0.1) is 11.6 Å². The number of hydrogen-bond acceptors (Lipinski definition) is 6. The first-order chi connectivity index (χ1) is 14.1. The van der Waals surface area contributed by atoms with Crippen molar-refractivity contribution in [2.24, 2.45) is 0 Å². The van der Waals surface area contributed by atoms with Crippen LogP contribution < -0.4 is 15.5 Å². The smallest absolute Gasteiger partial charge is 0.257 e. The molecule has 3 fully saturated rings. The standard InChI is InChI=1S/C21H25FN4O3/c22-17-6-16(26-14-1-2-15(26)8-23-7-14)5-12-10-25(21(29)20(12)17)13-3-4-18(24-9-13)19(28)11-27/h5-6,11,13-15,18,23-24H,1-4,7-10H2. The van der Waals surface area contributed by atoms with Crippen LogP contribution in [0.2, 0.25) is 0 Å². The fourth-order valence-electron chi connectivity index (χ4n) is 5.49. The van der Waals surface area contributed by atoms with Crippen molar-refractivity contribution in [3.63, 3.8) is 0 Å². The number of anilines is 1. The molecule has 0 spiro atoms. The molecular formula is C21H25FN4O3. The van der Waals surface area contributed by atoms with E-state index >= 15 is 0 Å². The van der Waals surface area contributed by atoms with E-state index in [1.807, 2.05) is 6.07 Å². The van der Waals surface area contributed by atoms with Crippen LogP contribution in [0.4, 0.5) is 10.1 Å². The second-order valence-corrected chi connectivity index (χ2v) is 8.56. The predicted molar refractivity (Wildman–Crippen MR) is 104 cm³/mol. The van der Waals surface area contributed by atoms with E-state index in [4.69, 9.17) is 0 Å². The minimum Gasteiger partial charge on any atom is -0.363 e. The van der Waals surface area contributed by atoms with Gasteiger partial charge < -0.3 is 20.4 Å². The number of benzene rings is 1. The van der Waals surface area contributed by atoms with Crippen molar-refractivity contribution < 1.29 is 18.8 Å². The number of Topliss-reactive ketones (excluding diaryl/α,β-unsaturated/α-hetero) is 1. The maximum Gasteiger partial charge on any atom is 0.257 e. The maximum atomic E-state index is 15.0. The van der Waals surface area contributed by atoms with Crippen molar-refractivity contribution in [2.45, 2.75) is 56.4 Å². The second-order valence-electron chi connectivity index (χ2n) is 8.56. The normalized spacial score (nSPS) is 31.1. The zero-order chi connectivity index (χ0) is 20.1. The molecule has 4 heterocycles. The number of nitrogens with one attached hydrogen (secondary N) is 2. The summed E-state index contributed by atoms with van der Waals surface area (Å²) in [4.78, 5) is 39.2. The Morgan fingerprint density at radius 1 is 1.07 bits per heavy atom. The summed E-state index contributed by atoms with van der Waals surface area (Å²) in [5.41, 5.74) is 1.81. The molecule has 8 heteroatoms. The topological polar surface area (TPSA) is 81.8 Å². The number of fused-ring (bicyclic) bond motifs is 3. The molecule has 4 atom stereocenters. The lowest BCUT2D eigenvalue weighted by molar-refractivity contribution is -0.131. The number of rotatable bonds is 4. The molecule has 4 unspecified atom stereocenters. The minimum absolute atomic E-state index is 0.108. The maximum absolute atomic E-state index is 15.0. The van der Waals surface area contributed by atoms with Gasteiger partial charge in [0, 0.05) is 50.0 Å². The zero-order valence-corrected chi connectivity index (χ0v) is 16.2. The summed E-state index contributed by atoms with van der Waals surface area (Å²) in [5.74, 6) is -1.18. The molecule has 3 saturated heterocycles. The van der Waals surface area contributed by atoms with Crippen molar-refractivity contribution in [3.05, 3.63) is 29.1 Å². The Morgan fingerprint density at radius 2 is 1.79 bits per heavy atom. The zero-order valence-electron chi connectivity index (χ0n) is 16.2. The molecule has 29 heavy (non-hydrogen) atoms. The summed E-state index contributed by atoms with van der Waals surface area (Å²) in [5, 5.41) is 6.49. The number of aldehydes is 1. The van der Waals surface area contributed by atoms with E-state index in [-0.39, 0.29) is 17.5 Å². The fourth-order valence-corrected chi connectivity index (χ4v) is 5.49. The van der Waals surface area contributed by atoms with Crippen molar-refractivity contribution in [3.8, 4) is 0 Å². The SMILES string of the molecule is O=CC(=O)C1CCC(N2Cc3cc(N4C5CCC4CNC5)cc(F)c3C2=O)CN1. The molecule has 4 aliphatic heterocycles. The van der Waals surface area contributed by atoms with Gasteiger partial charge in [-0.05, 0) is 43.4 Å². The highest BCUT2D eigenvalue weighted by molar-refractivity contribution is 6.27. The minimum atomic E-state index is -0.477. The van der Waals surface area contributed by atoms with Crippen LogP contribution >= 0.6 is 0 Å². The molecule has 5 rings (SSSR count). The molecule has 1 amide bonds. The molecule has 4 aliphatic rings. The number of piperazine rings is 1. The number of ketones is 1. The number of carbonyl (C=O) groups excluding carboxylic acids is 3. The van der Waals surface area contributed by atoms with E-state index in [2.05, 4.69) is 15.5 Å². The van der Waals surface area contributed by atoms with Gasteiger partial charge in [-0.1, -0.05) is 0 Å². The van der Waals surface area contributed by atoms with Crippen LogP contribution in [0, 0.1) is 5.82 Å². The van der Waals surface area contributed by atoms with Gasteiger partial charge in [0.1, 0.15) is 5.82 Å². The van der Waals surface area contributed by atoms with Crippen molar-refractivity contribution in [2.75, 3.05) is 24.5 Å². The van der Waals surface area contributed by atoms with E-state index in [1.54, 1.807) is 4.90 Å². The van der Waals surface area contributed by atoms with Gasteiger partial charge in [-0.2, -0.15) is 0 Å². The fraction of sp³-hybridized carbons (Fsp3) is 0.571. The molecule has 0 aliphatic carbocycles. The van der Waals surface area contributed by atoms with E-state index < -0.39 is 17.6 Å². The van der Waals surface area contributed by atoms with Crippen LogP contribution in [0.1, 0.15) is 41.6 Å². The highest BCUT2D eigenvalue weighted by Gasteiger charge is 2.40. The van der Waals surface area contributed by atoms with Gasteiger partial charge in [-0.3, -0.25) is 14.4 Å². The van der Waals surface area contributed by atoms with Gasteiger partial charge >= 0.3 is 0 Å². The molecule has 1 aromatic rings. The lowest BCUT2D eigenvalue weighted by Crippen LogP contribution is -2.52. The summed E-state index contributed by atoms with van der Waals surface area (Å²) in [7, 11) is 0. The number of nitrogens with zero attached hydrogens (tertiary/aromatic N) is 2. The molecule has 7 nitrogen and oxygen atoms in total. The van der Waals surface area contributed by atoms with Crippen molar-refractivity contribution >= 4 is 23.7 Å². The Hall–Kier alpha value is -2.32. The lowest BCUT2D eigenvalue weighted by atomic mass is 9.97. The third kappa shape index (κ3) is 3.05. The van der Waals surface area contributed by atoms with Crippen molar-refractivity contribution in [1.29, 1.82) is 0 Å². The highest BCUT2D eigenvalue weighted by Crippen LogP contribution is 2.37. The Morgan fingerprint density at radius 3 is 2.45 bits per heavy atom. The third-order valence-corrected chi connectivity index (χ3v) is 6.94. The van der Waals surface area contributed by atoms with E-state index in [1.165, 1.54) is 6.07 Å². The highest BCUT2D eigenvalue weighted by atomic mass is 19.1. The van der Waals surface area contributed by atoms with Crippen LogP contribution in [-0.4, -0.2) is 66.7 Å². The number of halogens is 1. The average molecular weight is 400 g/mol. The lowest BCUT2D eigenvalue weighted by Gasteiger charge is -2.37. The molecule has 2 bridgehead atoms. The second kappa shape index (κ2) is 7.18. The Labute approximate surface area is 168 Å². The summed E-state index contributed by atoms with van der Waals surface area (Å²) < 4.78 is 15.0. The van der Waals surface area contributed by atoms with Crippen LogP contribution in [0.3, 0.4) is 0 Å². The molecular weight excluding hydrogens is 375 g/mol. The van der Waals surface area contributed by atoms with Gasteiger partial charge in [-0.25, -0.2) is 4.39 Å². The van der Waals surface area contributed by atoms with Gasteiger partial charge in [-0.15, -0.1) is 0 Å². The average Bonchev–Trinajstić information content (AvgIpc) is 3.20. The monoisotopic (exact) mass is 400 g/mol. The van der Waals surface area contributed by atoms with Gasteiger partial charge in [0.15, 0.2) is 6.29 Å². The molecule has 2 N–H and O–H groups in total. The van der Waals surface area contributed by atoms with E-state index in [9.17, 15) is 18.8 Å². The van der Waals surface area contributed by atoms with E-state index in [0.717, 1.165) is 37.2 Å². The number of piperidine rings is 1. The summed E-state index contributed by atoms with van der Waals surface area (Å²) in [6.07, 6.45) is 3.67. The quantitative estimate of drug-likeness (QED) is 0.569. The molecule has 0 radical (unpaired) electrons. The van der Waals surface area contributed by atoms with Crippen LogP contribution in [0.15, 0.2) is 12.1 Å². The summed E-state index contributed by atoms with van der Waals surface area (Å²) in [6.45, 7) is 2.64. The third-order valence-electron chi connectivity index (χ3n) is 6.94. The number of amides is 1. The molecule has 0 saturated carbocycles. The van der Waals surface area contributed by atoms with Crippen LogP contribution in [-0.2, 0) is 16.1 Å². The largest absolute Gasteiger partial charge is 0.363 e. The molecule has 0 aromatic heterocycles. The number of hydrogen-bond donors (Lipinski definition) is 2. The number of carbonyl (C=O) groups is 3. The first kappa shape index (κ1) is 18.7. The summed E-state index contributed by atoms with van der Waals surface area (Å²) in [6, 6.07) is 3.69. The van der Waals surface area contributed by atoms with Crippen molar-refractivity contribution in [1.82, 2.24) is 15.5 Å². The van der Waals surface area contributed by atoms with E-state index in [0.29, 0.717) is 44.3 Å². The summed E-state index contributed by atoms with van der Waals surface area (Å²) >= 11 is 0. The van der Waals surface area contributed by atoms with Gasteiger partial charge in [0.2, 0.25) is 5.78 Å². The molecule has 154 valence electrons. The van der Waals surface area contributed by atoms with Gasteiger partial charge in [0.25, 0.3) is 5.91 Å². The Bertz CT molecular complexity index is 852. The predicted octanol–water partition coefficient (Wildman–Crippen LogP) is 0.611. The molecule has 1 aromatic carbocycles. The van der Waals surface area contributed by atoms with Crippen LogP contribution in [0.25, 0.3) is 0 Å². The first-order valence-electron chi connectivity index (χ1n) is 10.4. The van der Waals surface area contributed by atoms with Crippen LogP contribution in [0.5, 0.6) is 0 Å².